The van der Waals surface area contributed by atoms with Gasteiger partial charge in [-0.3, -0.25) is 4.79 Å². The van der Waals surface area contributed by atoms with Crippen molar-refractivity contribution in [2.45, 2.75) is 158 Å². The maximum Gasteiger partial charge on any atom is 0.306 e. The van der Waals surface area contributed by atoms with Crippen molar-refractivity contribution in [2.75, 3.05) is 19.8 Å². The van der Waals surface area contributed by atoms with Crippen molar-refractivity contribution in [3.05, 3.63) is 0 Å². The van der Waals surface area contributed by atoms with Crippen LogP contribution in [0.3, 0.4) is 0 Å². The number of hydrogen-bond donors (Lipinski definition) is 4. The summed E-state index contributed by atoms with van der Waals surface area (Å²) in [5.41, 5.74) is -3.86. The maximum atomic E-state index is 12.9. The van der Waals surface area contributed by atoms with Crippen LogP contribution in [-0.2, 0) is 38.0 Å². The average molecular weight is 669 g/mol. The Balaban J connectivity index is 1.10. The van der Waals surface area contributed by atoms with E-state index in [-0.39, 0.29) is 36.2 Å². The minimum Gasteiger partial charge on any atom is -0.465 e. The van der Waals surface area contributed by atoms with Gasteiger partial charge in [0.05, 0.1) is 61.2 Å². The summed E-state index contributed by atoms with van der Waals surface area (Å²) >= 11 is 0. The summed E-state index contributed by atoms with van der Waals surface area (Å²) in [6, 6.07) is 0. The zero-order valence-corrected chi connectivity index (χ0v) is 28.4. The predicted octanol–water partition coefficient (Wildman–Crippen LogP) is 2.16. The Kier molecular flexibility index (Phi) is 7.63. The van der Waals surface area contributed by atoms with E-state index < -0.39 is 76.5 Å². The Hall–Kier alpha value is -0.930. The summed E-state index contributed by atoms with van der Waals surface area (Å²) in [4.78, 5) is 12.1. The molecule has 266 valence electrons. The summed E-state index contributed by atoms with van der Waals surface area (Å²) < 4.78 is 43.6. The van der Waals surface area contributed by atoms with Gasteiger partial charge in [-0.15, -0.1) is 0 Å². The van der Waals surface area contributed by atoms with Crippen LogP contribution in [0.1, 0.15) is 92.4 Å². The van der Waals surface area contributed by atoms with Crippen LogP contribution >= 0.6 is 0 Å². The summed E-state index contributed by atoms with van der Waals surface area (Å²) in [7, 11) is 0. The fourth-order valence-corrected chi connectivity index (χ4v) is 12.2. The molecular formula is C35H54O12. The van der Waals surface area contributed by atoms with E-state index in [1.807, 2.05) is 27.7 Å². The summed E-state index contributed by atoms with van der Waals surface area (Å²) in [5.74, 6) is -2.27. The van der Waals surface area contributed by atoms with Gasteiger partial charge in [0.2, 0.25) is 0 Å². The van der Waals surface area contributed by atoms with Gasteiger partial charge >= 0.3 is 5.97 Å². The highest BCUT2D eigenvalue weighted by Gasteiger charge is 2.76. The van der Waals surface area contributed by atoms with E-state index in [0.717, 1.165) is 6.42 Å². The summed E-state index contributed by atoms with van der Waals surface area (Å²) in [6.45, 7) is 9.70. The highest BCUT2D eigenvalue weighted by molar-refractivity contribution is 5.71. The van der Waals surface area contributed by atoms with Gasteiger partial charge in [-0.05, 0) is 90.9 Å². The minimum absolute atomic E-state index is 0.00655. The summed E-state index contributed by atoms with van der Waals surface area (Å²) in [5, 5.41) is 47.6. The topological polar surface area (TPSA) is 163 Å². The second-order valence-electron chi connectivity index (χ2n) is 17.2. The average Bonchev–Trinajstić information content (AvgIpc) is 3.66. The standard InChI is InChI=1S/C35H54O12/c1-18-26(38)27-28(47-31(4,5)46-27)29(43-18)44-20-13-24-34(17-42-30(2,3)45-24)22-6-9-32(16-36)21(19-12-25(37)41-15-19)8-11-35(32,40)23(22)7-10-33(34,39)14-20/h18-24,26-29,36,38-40H,6-17H2,1-5H3/t18-,19+,20+,21+,22+,23-,24-,26-,27+,28+,29-,32+,33+,34+,35+/m1/s1/i30+1,31+1. The first-order valence-corrected chi connectivity index (χ1v) is 17.9. The molecule has 47 heavy (non-hydrogen) atoms. The molecule has 15 atom stereocenters. The molecule has 8 fully saturated rings. The third kappa shape index (κ3) is 4.65. The molecule has 4 heterocycles. The van der Waals surface area contributed by atoms with E-state index >= 15 is 0 Å². The molecule has 0 aromatic rings. The van der Waals surface area contributed by atoms with Gasteiger partial charge in [0.25, 0.3) is 0 Å². The van der Waals surface area contributed by atoms with Gasteiger partial charge < -0.3 is 53.6 Å². The third-order valence-electron chi connectivity index (χ3n) is 14.2. The third-order valence-corrected chi connectivity index (χ3v) is 14.2. The highest BCUT2D eigenvalue weighted by atomic mass is 16.9. The van der Waals surface area contributed by atoms with Crippen LogP contribution in [0.5, 0.6) is 0 Å². The van der Waals surface area contributed by atoms with E-state index in [4.69, 9.17) is 33.2 Å². The minimum atomic E-state index is -1.21. The largest absolute Gasteiger partial charge is 0.465 e. The Labute approximate surface area is 276 Å². The van der Waals surface area contributed by atoms with Gasteiger partial charge in [0.15, 0.2) is 17.9 Å². The van der Waals surface area contributed by atoms with Crippen LogP contribution in [0.15, 0.2) is 0 Å². The number of carbonyl (C=O) groups is 1. The predicted molar refractivity (Wildman–Crippen MR) is 162 cm³/mol. The monoisotopic (exact) mass is 668 g/mol. The first-order chi connectivity index (χ1) is 22.1. The highest BCUT2D eigenvalue weighted by Crippen LogP contribution is 2.72. The summed E-state index contributed by atoms with van der Waals surface area (Å²) in [6.07, 6.45) is 0.488. The first-order valence-electron chi connectivity index (χ1n) is 17.9. The van der Waals surface area contributed by atoms with Gasteiger partial charge in [0, 0.05) is 24.2 Å². The molecule has 4 saturated carbocycles. The number of esters is 1. The molecule has 0 aromatic carbocycles. The maximum absolute atomic E-state index is 12.9. The lowest BCUT2D eigenvalue weighted by molar-refractivity contribution is -0.401. The lowest BCUT2D eigenvalue weighted by Gasteiger charge is -2.70. The zero-order valence-electron chi connectivity index (χ0n) is 28.4. The number of ether oxygens (including phenoxy) is 7. The lowest BCUT2D eigenvalue weighted by atomic mass is 9.40. The van der Waals surface area contributed by atoms with Crippen molar-refractivity contribution in [1.29, 1.82) is 0 Å². The molecule has 12 nitrogen and oxygen atoms in total. The number of hydrogen-bond acceptors (Lipinski definition) is 12. The quantitative estimate of drug-likeness (QED) is 0.197. The fourth-order valence-electron chi connectivity index (χ4n) is 12.2. The first kappa shape index (κ1) is 33.2. The van der Waals surface area contributed by atoms with Crippen molar-refractivity contribution < 1.29 is 58.4 Å². The van der Waals surface area contributed by atoms with Crippen LogP contribution in [-0.4, -0.2) is 112 Å². The Bertz CT molecular complexity index is 1260. The van der Waals surface area contributed by atoms with E-state index in [9.17, 15) is 25.2 Å². The molecule has 1 spiro atoms. The molecule has 8 rings (SSSR count). The van der Waals surface area contributed by atoms with E-state index in [0.29, 0.717) is 64.6 Å². The Morgan fingerprint density at radius 2 is 1.64 bits per heavy atom. The van der Waals surface area contributed by atoms with E-state index in [1.165, 1.54) is 0 Å². The van der Waals surface area contributed by atoms with E-state index in [1.54, 1.807) is 6.92 Å². The molecule has 0 radical (unpaired) electrons. The number of cyclic esters (lactones) is 1. The van der Waals surface area contributed by atoms with Crippen LogP contribution in [0.2, 0.25) is 0 Å². The van der Waals surface area contributed by atoms with Crippen molar-refractivity contribution in [2.24, 2.45) is 34.5 Å². The SMILES string of the molecule is C[C@H]1O[C@H](O[C@H]2C[C@H]3O[13C](C)(C)OC[C@]34[C@H]3CC[C@]5(CO)[C@H]([C@@H]6COC(=O)C6)CC[C@]5(O)[C@@H]3CC[C@]4(O)C2)[C@H]2O[13C](C)(C)O[C@H]2[C@@H]1O. The van der Waals surface area contributed by atoms with Crippen molar-refractivity contribution >= 4 is 5.97 Å². The molecule has 0 aromatic heterocycles. The van der Waals surface area contributed by atoms with Gasteiger partial charge in [0.1, 0.15) is 18.3 Å². The Morgan fingerprint density at radius 3 is 2.36 bits per heavy atom. The molecule has 0 bridgehead atoms. The van der Waals surface area contributed by atoms with E-state index in [2.05, 4.69) is 0 Å². The molecule has 4 aliphatic carbocycles. The Morgan fingerprint density at radius 1 is 0.915 bits per heavy atom. The lowest BCUT2D eigenvalue weighted by Crippen LogP contribution is -2.76. The zero-order chi connectivity index (χ0) is 33.4. The molecule has 4 N–H and O–H groups in total. The molecular weight excluding hydrogens is 614 g/mol. The number of rotatable bonds is 4. The van der Waals surface area contributed by atoms with Crippen LogP contribution in [0.4, 0.5) is 0 Å². The van der Waals surface area contributed by atoms with Crippen LogP contribution < -0.4 is 0 Å². The number of carbonyl (C=O) groups excluding carboxylic acids is 1. The molecule has 4 aliphatic heterocycles. The normalized spacial score (nSPS) is 56.1. The second kappa shape index (κ2) is 10.8. The smallest absolute Gasteiger partial charge is 0.306 e. The van der Waals surface area contributed by atoms with Gasteiger partial charge in [-0.1, -0.05) is 0 Å². The molecule has 4 saturated heterocycles. The van der Waals surface area contributed by atoms with Gasteiger partial charge in [-0.25, -0.2) is 0 Å². The fraction of sp³-hybridized carbons (Fsp3) is 0.971. The molecule has 8 aliphatic rings. The van der Waals surface area contributed by atoms with Crippen molar-refractivity contribution in [1.82, 2.24) is 0 Å². The number of fused-ring (bicyclic) bond motifs is 4. The van der Waals surface area contributed by atoms with Crippen molar-refractivity contribution in [3.8, 4) is 0 Å². The molecule has 0 amide bonds. The van der Waals surface area contributed by atoms with Crippen LogP contribution in [0.25, 0.3) is 0 Å². The molecule has 0 unspecified atom stereocenters. The number of aliphatic hydroxyl groups excluding tert-OH is 2. The van der Waals surface area contributed by atoms with Gasteiger partial charge in [-0.2, -0.15) is 0 Å². The second-order valence-corrected chi connectivity index (χ2v) is 17.2. The molecule has 12 heteroatoms. The number of aliphatic hydroxyl groups is 4. The van der Waals surface area contributed by atoms with Crippen molar-refractivity contribution in [3.63, 3.8) is 0 Å². The van der Waals surface area contributed by atoms with Crippen LogP contribution in [0, 0.1) is 34.5 Å².